The minimum Gasteiger partial charge on any atom is -0.493 e. The molecule has 0 saturated carbocycles. The molecule has 4 rings (SSSR count). The third kappa shape index (κ3) is 6.04. The van der Waals surface area contributed by atoms with Crippen molar-refractivity contribution in [3.8, 4) is 5.75 Å². The number of amides is 1. The summed E-state index contributed by atoms with van der Waals surface area (Å²) in [6.45, 7) is 8.31. The van der Waals surface area contributed by atoms with Crippen molar-refractivity contribution in [1.29, 1.82) is 0 Å². The molecule has 8 heteroatoms. The normalized spacial score (nSPS) is 22.2. The third-order valence-electron chi connectivity index (χ3n) is 7.36. The average Bonchev–Trinajstić information content (AvgIpc) is 3.34. The predicted octanol–water partition coefficient (Wildman–Crippen LogP) is 4.30. The summed E-state index contributed by atoms with van der Waals surface area (Å²) in [5.41, 5.74) is 7.40. The second kappa shape index (κ2) is 10.8. The first-order valence-electron chi connectivity index (χ1n) is 12.7. The van der Waals surface area contributed by atoms with Crippen molar-refractivity contribution < 1.29 is 19.2 Å². The number of hydrogen-bond acceptors (Lipinski definition) is 7. The van der Waals surface area contributed by atoms with Crippen molar-refractivity contribution in [3.63, 3.8) is 0 Å². The van der Waals surface area contributed by atoms with Crippen molar-refractivity contribution in [2.75, 3.05) is 24.6 Å². The lowest BCUT2D eigenvalue weighted by molar-refractivity contribution is -0.129. The molecule has 0 bridgehead atoms. The fourth-order valence-corrected chi connectivity index (χ4v) is 5.09. The van der Waals surface area contributed by atoms with Crippen LogP contribution in [0.15, 0.2) is 34.9 Å². The Hall–Kier alpha value is -2.87. The van der Waals surface area contributed by atoms with E-state index in [0.717, 1.165) is 49.5 Å². The first-order chi connectivity index (χ1) is 16.8. The van der Waals surface area contributed by atoms with Crippen LogP contribution in [0.25, 0.3) is 5.57 Å². The van der Waals surface area contributed by atoms with Gasteiger partial charge in [-0.2, -0.15) is 4.98 Å². The van der Waals surface area contributed by atoms with Crippen LogP contribution in [0, 0.1) is 11.3 Å². The number of aliphatic hydroxyl groups excluding tert-OH is 1. The SMILES string of the molecule is CC(C)c1noc(N2CCC(COc3ccc(C4=CCC(C[C@H](C)O)(C(N)=O)CC4)cc3)CC2)n1. The molecule has 1 saturated heterocycles. The second-order valence-electron chi connectivity index (χ2n) is 10.5. The molecule has 1 aliphatic heterocycles. The molecule has 8 nitrogen and oxygen atoms in total. The van der Waals surface area contributed by atoms with Gasteiger partial charge in [-0.15, -0.1) is 0 Å². The van der Waals surface area contributed by atoms with Crippen LogP contribution >= 0.6 is 0 Å². The molecule has 3 N–H and O–H groups in total. The highest BCUT2D eigenvalue weighted by molar-refractivity contribution is 5.83. The van der Waals surface area contributed by atoms with Gasteiger partial charge >= 0.3 is 6.01 Å². The van der Waals surface area contributed by atoms with Gasteiger partial charge in [0.15, 0.2) is 5.82 Å². The largest absolute Gasteiger partial charge is 0.493 e. The van der Waals surface area contributed by atoms with E-state index < -0.39 is 11.5 Å². The molecular weight excluding hydrogens is 444 g/mol. The molecule has 1 amide bonds. The molecule has 2 heterocycles. The zero-order valence-electron chi connectivity index (χ0n) is 21.1. The fourth-order valence-electron chi connectivity index (χ4n) is 5.09. The van der Waals surface area contributed by atoms with E-state index in [4.69, 9.17) is 15.0 Å². The molecule has 1 aliphatic carbocycles. The highest BCUT2D eigenvalue weighted by Gasteiger charge is 2.38. The number of carbonyl (C=O) groups is 1. The number of piperidine rings is 1. The van der Waals surface area contributed by atoms with Crippen LogP contribution in [0.5, 0.6) is 5.75 Å². The highest BCUT2D eigenvalue weighted by atomic mass is 16.5. The Labute approximate surface area is 207 Å². The van der Waals surface area contributed by atoms with E-state index in [-0.39, 0.29) is 11.8 Å². The van der Waals surface area contributed by atoms with Gasteiger partial charge in [-0.05, 0) is 74.6 Å². The van der Waals surface area contributed by atoms with E-state index in [2.05, 4.69) is 47.1 Å². The van der Waals surface area contributed by atoms with E-state index in [0.29, 0.717) is 37.8 Å². The lowest BCUT2D eigenvalue weighted by Gasteiger charge is -2.34. The van der Waals surface area contributed by atoms with E-state index >= 15 is 0 Å². The van der Waals surface area contributed by atoms with E-state index in [1.807, 2.05) is 12.1 Å². The van der Waals surface area contributed by atoms with Crippen LogP contribution in [0.4, 0.5) is 6.01 Å². The summed E-state index contributed by atoms with van der Waals surface area (Å²) < 4.78 is 11.5. The predicted molar refractivity (Wildman–Crippen MR) is 135 cm³/mol. The summed E-state index contributed by atoms with van der Waals surface area (Å²) in [5.74, 6) is 2.06. The van der Waals surface area contributed by atoms with Crippen LogP contribution in [0.2, 0.25) is 0 Å². The molecule has 2 aromatic rings. The van der Waals surface area contributed by atoms with Crippen molar-refractivity contribution >= 4 is 17.5 Å². The quantitative estimate of drug-likeness (QED) is 0.548. The number of ether oxygens (including phenoxy) is 1. The molecule has 35 heavy (non-hydrogen) atoms. The number of anilines is 1. The summed E-state index contributed by atoms with van der Waals surface area (Å²) in [6.07, 6.45) is 6.03. The molecule has 1 unspecified atom stereocenters. The smallest absolute Gasteiger partial charge is 0.324 e. The number of benzene rings is 1. The summed E-state index contributed by atoms with van der Waals surface area (Å²) in [6, 6.07) is 8.82. The van der Waals surface area contributed by atoms with Crippen LogP contribution in [0.1, 0.15) is 76.6 Å². The van der Waals surface area contributed by atoms with Gasteiger partial charge in [0.05, 0.1) is 18.1 Å². The molecule has 0 spiro atoms. The fraction of sp³-hybridized carbons (Fsp3) is 0.593. The average molecular weight is 483 g/mol. The van der Waals surface area contributed by atoms with Gasteiger partial charge in [0, 0.05) is 19.0 Å². The van der Waals surface area contributed by atoms with Gasteiger partial charge in [-0.3, -0.25) is 4.79 Å². The van der Waals surface area contributed by atoms with Crippen LogP contribution in [-0.4, -0.2) is 47.0 Å². The Balaban J connectivity index is 1.26. The van der Waals surface area contributed by atoms with Gasteiger partial charge in [-0.1, -0.05) is 37.2 Å². The zero-order chi connectivity index (χ0) is 25.0. The molecule has 1 aromatic heterocycles. The zero-order valence-corrected chi connectivity index (χ0v) is 21.1. The molecule has 190 valence electrons. The van der Waals surface area contributed by atoms with Crippen molar-refractivity contribution in [2.24, 2.45) is 17.1 Å². The minimum absolute atomic E-state index is 0.262. The maximum absolute atomic E-state index is 12.1. The van der Waals surface area contributed by atoms with E-state index in [1.54, 1.807) is 6.92 Å². The number of aliphatic hydroxyl groups is 1. The third-order valence-corrected chi connectivity index (χ3v) is 7.36. The summed E-state index contributed by atoms with van der Waals surface area (Å²) in [4.78, 5) is 18.7. The second-order valence-corrected chi connectivity index (χ2v) is 10.5. The Bertz CT molecular complexity index is 1020. The summed E-state index contributed by atoms with van der Waals surface area (Å²) in [7, 11) is 0. The lowest BCUT2D eigenvalue weighted by Crippen LogP contribution is -2.40. The molecule has 0 radical (unpaired) electrons. The first-order valence-corrected chi connectivity index (χ1v) is 12.7. The number of primary amides is 1. The van der Waals surface area contributed by atoms with Crippen LogP contribution in [0.3, 0.4) is 0 Å². The van der Waals surface area contributed by atoms with E-state index in [9.17, 15) is 9.90 Å². The van der Waals surface area contributed by atoms with Gasteiger partial charge in [0.25, 0.3) is 0 Å². The topological polar surface area (TPSA) is 115 Å². The number of aromatic nitrogens is 2. The Morgan fingerprint density at radius 3 is 2.51 bits per heavy atom. The van der Waals surface area contributed by atoms with Crippen molar-refractivity contribution in [1.82, 2.24) is 10.1 Å². The van der Waals surface area contributed by atoms with Gasteiger partial charge in [0.2, 0.25) is 5.91 Å². The highest BCUT2D eigenvalue weighted by Crippen LogP contribution is 2.42. The molecule has 1 aromatic carbocycles. The number of nitrogens with two attached hydrogens (primary N) is 1. The number of rotatable bonds is 9. The number of hydrogen-bond donors (Lipinski definition) is 2. The number of nitrogens with zero attached hydrogens (tertiary/aromatic N) is 3. The summed E-state index contributed by atoms with van der Waals surface area (Å²) >= 11 is 0. The molecule has 1 fully saturated rings. The first kappa shape index (κ1) is 25.2. The Morgan fingerprint density at radius 1 is 1.26 bits per heavy atom. The van der Waals surface area contributed by atoms with Crippen LogP contribution in [-0.2, 0) is 4.79 Å². The standard InChI is InChI=1S/C27H38N4O4/c1-18(2)24-29-26(35-30-24)31-14-10-20(11-15-31)17-34-23-6-4-21(5-7-23)22-8-12-27(13-9-22,25(28)33)16-19(3)32/h4-8,18-20,32H,9-17H2,1-3H3,(H2,28,33)/t19-,27?/m0/s1. The van der Waals surface area contributed by atoms with Gasteiger partial charge in [-0.25, -0.2) is 0 Å². The van der Waals surface area contributed by atoms with Crippen molar-refractivity contribution in [2.45, 2.75) is 71.3 Å². The number of allylic oxidation sites excluding steroid dienone is 2. The van der Waals surface area contributed by atoms with E-state index in [1.165, 1.54) is 5.57 Å². The molecule has 2 atom stereocenters. The van der Waals surface area contributed by atoms with Crippen LogP contribution < -0.4 is 15.4 Å². The lowest BCUT2D eigenvalue weighted by atomic mass is 9.70. The monoisotopic (exact) mass is 482 g/mol. The maximum Gasteiger partial charge on any atom is 0.324 e. The molecule has 2 aliphatic rings. The van der Waals surface area contributed by atoms with Crippen molar-refractivity contribution in [3.05, 3.63) is 41.7 Å². The summed E-state index contributed by atoms with van der Waals surface area (Å²) in [5, 5.41) is 13.9. The minimum atomic E-state index is -0.642. The molecular formula is C27H38N4O4. The Kier molecular flexibility index (Phi) is 7.79. The Morgan fingerprint density at radius 2 is 1.97 bits per heavy atom. The van der Waals surface area contributed by atoms with Gasteiger partial charge < -0.3 is 25.0 Å². The number of carbonyl (C=O) groups excluding carboxylic acids is 1. The van der Waals surface area contributed by atoms with Gasteiger partial charge in [0.1, 0.15) is 5.75 Å². The maximum atomic E-state index is 12.1.